The van der Waals surface area contributed by atoms with Gasteiger partial charge in [0.2, 0.25) is 0 Å². The number of rotatable bonds is 5. The molecule has 0 saturated carbocycles. The standard InChI is InChI=1S/C14H23NO/c1-12-7-5-6-8-13(12)9-10-15(4)14(2,3)11-16/h5-8,16H,9-11H2,1-4H3. The average molecular weight is 221 g/mol. The molecular formula is C14H23NO. The molecule has 1 aromatic rings. The van der Waals surface area contributed by atoms with Gasteiger partial charge in [-0.1, -0.05) is 24.3 Å². The first-order chi connectivity index (χ1) is 7.47. The molecule has 0 unspecified atom stereocenters. The molecule has 1 aromatic carbocycles. The van der Waals surface area contributed by atoms with Crippen LogP contribution in [0.4, 0.5) is 0 Å². The zero-order valence-electron chi connectivity index (χ0n) is 10.8. The fourth-order valence-corrected chi connectivity index (χ4v) is 1.60. The number of aryl methyl sites for hydroxylation is 1. The maximum Gasteiger partial charge on any atom is 0.0609 e. The van der Waals surface area contributed by atoms with E-state index in [0.717, 1.165) is 13.0 Å². The van der Waals surface area contributed by atoms with Crippen LogP contribution in [0.3, 0.4) is 0 Å². The third kappa shape index (κ3) is 3.32. The van der Waals surface area contributed by atoms with Gasteiger partial charge in [-0.25, -0.2) is 0 Å². The van der Waals surface area contributed by atoms with Crippen molar-refractivity contribution >= 4 is 0 Å². The first-order valence-corrected chi connectivity index (χ1v) is 5.84. The van der Waals surface area contributed by atoms with E-state index < -0.39 is 0 Å². The Hall–Kier alpha value is -0.860. The van der Waals surface area contributed by atoms with Gasteiger partial charge in [0.05, 0.1) is 6.61 Å². The molecule has 0 amide bonds. The van der Waals surface area contributed by atoms with E-state index in [2.05, 4.69) is 57.0 Å². The van der Waals surface area contributed by atoms with E-state index in [1.54, 1.807) is 0 Å². The van der Waals surface area contributed by atoms with Crippen molar-refractivity contribution in [3.8, 4) is 0 Å². The molecule has 2 nitrogen and oxygen atoms in total. The lowest BCUT2D eigenvalue weighted by molar-refractivity contribution is 0.0800. The molecule has 0 atom stereocenters. The summed E-state index contributed by atoms with van der Waals surface area (Å²) in [6.07, 6.45) is 1.03. The SMILES string of the molecule is Cc1ccccc1CCN(C)C(C)(C)CO. The van der Waals surface area contributed by atoms with Crippen molar-refractivity contribution in [2.24, 2.45) is 0 Å². The third-order valence-electron chi connectivity index (χ3n) is 3.40. The van der Waals surface area contributed by atoms with Gasteiger partial charge in [-0.2, -0.15) is 0 Å². The summed E-state index contributed by atoms with van der Waals surface area (Å²) in [7, 11) is 2.06. The van der Waals surface area contributed by atoms with Crippen LogP contribution in [0.1, 0.15) is 25.0 Å². The van der Waals surface area contributed by atoms with Crippen LogP contribution in [0.2, 0.25) is 0 Å². The van der Waals surface area contributed by atoms with Crippen molar-refractivity contribution in [2.45, 2.75) is 32.7 Å². The molecule has 0 radical (unpaired) electrons. The molecule has 90 valence electrons. The lowest BCUT2D eigenvalue weighted by Gasteiger charge is -2.34. The van der Waals surface area contributed by atoms with Crippen LogP contribution >= 0.6 is 0 Å². The van der Waals surface area contributed by atoms with Gasteiger partial charge in [0.1, 0.15) is 0 Å². The van der Waals surface area contributed by atoms with Gasteiger partial charge < -0.3 is 5.11 Å². The summed E-state index contributed by atoms with van der Waals surface area (Å²) in [5, 5.41) is 9.27. The second kappa shape index (κ2) is 5.46. The van der Waals surface area contributed by atoms with Gasteiger partial charge in [0.25, 0.3) is 0 Å². The quantitative estimate of drug-likeness (QED) is 0.824. The number of aliphatic hydroxyl groups is 1. The molecule has 0 aliphatic heterocycles. The molecule has 1 N–H and O–H groups in total. The molecule has 16 heavy (non-hydrogen) atoms. The molecule has 0 aliphatic rings. The van der Waals surface area contributed by atoms with Crippen molar-refractivity contribution < 1.29 is 5.11 Å². The fraction of sp³-hybridized carbons (Fsp3) is 0.571. The number of nitrogens with zero attached hydrogens (tertiary/aromatic N) is 1. The van der Waals surface area contributed by atoms with Crippen LogP contribution in [-0.2, 0) is 6.42 Å². The Balaban J connectivity index is 2.56. The van der Waals surface area contributed by atoms with Crippen molar-refractivity contribution in [3.63, 3.8) is 0 Å². The number of aliphatic hydroxyl groups excluding tert-OH is 1. The van der Waals surface area contributed by atoms with Gasteiger partial charge in [0, 0.05) is 12.1 Å². The second-order valence-corrected chi connectivity index (χ2v) is 5.07. The Labute approximate surface area is 98.9 Å². The highest BCUT2D eigenvalue weighted by atomic mass is 16.3. The van der Waals surface area contributed by atoms with Crippen LogP contribution < -0.4 is 0 Å². The Morgan fingerprint density at radius 1 is 1.25 bits per heavy atom. The molecule has 0 bridgehead atoms. The topological polar surface area (TPSA) is 23.5 Å². The number of likely N-dealkylation sites (N-methyl/N-ethyl adjacent to an activating group) is 1. The third-order valence-corrected chi connectivity index (χ3v) is 3.40. The van der Waals surface area contributed by atoms with Crippen LogP contribution in [0.25, 0.3) is 0 Å². The normalized spacial score (nSPS) is 12.1. The minimum atomic E-state index is -0.136. The molecule has 1 rings (SSSR count). The lowest BCUT2D eigenvalue weighted by Crippen LogP contribution is -2.45. The highest BCUT2D eigenvalue weighted by Gasteiger charge is 2.21. The van der Waals surface area contributed by atoms with Gasteiger partial charge in [-0.3, -0.25) is 4.90 Å². The molecule has 2 heteroatoms. The van der Waals surface area contributed by atoms with E-state index in [-0.39, 0.29) is 12.1 Å². The Morgan fingerprint density at radius 2 is 1.88 bits per heavy atom. The zero-order valence-corrected chi connectivity index (χ0v) is 10.8. The van der Waals surface area contributed by atoms with Crippen LogP contribution in [0.15, 0.2) is 24.3 Å². The van der Waals surface area contributed by atoms with E-state index in [1.165, 1.54) is 11.1 Å². The van der Waals surface area contributed by atoms with Crippen LogP contribution in [0.5, 0.6) is 0 Å². The molecular weight excluding hydrogens is 198 g/mol. The second-order valence-electron chi connectivity index (χ2n) is 5.07. The Bertz CT molecular complexity index is 333. The summed E-state index contributed by atoms with van der Waals surface area (Å²) >= 11 is 0. The van der Waals surface area contributed by atoms with Crippen LogP contribution in [0, 0.1) is 6.92 Å². The number of hydrogen-bond acceptors (Lipinski definition) is 2. The minimum absolute atomic E-state index is 0.136. The maximum atomic E-state index is 9.27. The van der Waals surface area contributed by atoms with E-state index in [4.69, 9.17) is 0 Å². The summed E-state index contributed by atoms with van der Waals surface area (Å²) in [5.74, 6) is 0. The molecule has 0 aliphatic carbocycles. The van der Waals surface area contributed by atoms with Gasteiger partial charge in [0.15, 0.2) is 0 Å². The highest BCUT2D eigenvalue weighted by Crippen LogP contribution is 2.13. The van der Waals surface area contributed by atoms with E-state index >= 15 is 0 Å². The van der Waals surface area contributed by atoms with Crippen molar-refractivity contribution in [2.75, 3.05) is 20.2 Å². The monoisotopic (exact) mass is 221 g/mol. The minimum Gasteiger partial charge on any atom is -0.394 e. The zero-order chi connectivity index (χ0) is 12.2. The van der Waals surface area contributed by atoms with Crippen molar-refractivity contribution in [1.29, 1.82) is 0 Å². The summed E-state index contributed by atoms with van der Waals surface area (Å²) in [6.45, 7) is 7.43. The summed E-state index contributed by atoms with van der Waals surface area (Å²) in [4.78, 5) is 2.21. The predicted octanol–water partition coefficient (Wildman–Crippen LogP) is 2.24. The molecule has 0 fully saturated rings. The predicted molar refractivity (Wildman–Crippen MR) is 68.7 cm³/mol. The maximum absolute atomic E-state index is 9.27. The summed E-state index contributed by atoms with van der Waals surface area (Å²) in [5.41, 5.74) is 2.60. The number of benzene rings is 1. The Kier molecular flexibility index (Phi) is 4.51. The first kappa shape index (κ1) is 13.2. The molecule has 0 heterocycles. The van der Waals surface area contributed by atoms with Crippen molar-refractivity contribution in [3.05, 3.63) is 35.4 Å². The lowest BCUT2D eigenvalue weighted by atomic mass is 10.0. The smallest absolute Gasteiger partial charge is 0.0609 e. The molecule has 0 spiro atoms. The van der Waals surface area contributed by atoms with E-state index in [1.807, 2.05) is 0 Å². The van der Waals surface area contributed by atoms with Crippen LogP contribution in [-0.4, -0.2) is 35.7 Å². The Morgan fingerprint density at radius 3 is 2.44 bits per heavy atom. The summed E-state index contributed by atoms with van der Waals surface area (Å²) in [6, 6.07) is 8.47. The fourth-order valence-electron chi connectivity index (χ4n) is 1.60. The van der Waals surface area contributed by atoms with Gasteiger partial charge in [-0.05, 0) is 45.4 Å². The largest absolute Gasteiger partial charge is 0.394 e. The van der Waals surface area contributed by atoms with E-state index in [0.29, 0.717) is 0 Å². The van der Waals surface area contributed by atoms with Gasteiger partial charge >= 0.3 is 0 Å². The average Bonchev–Trinajstić information content (AvgIpc) is 2.27. The molecule has 0 saturated heterocycles. The summed E-state index contributed by atoms with van der Waals surface area (Å²) < 4.78 is 0. The highest BCUT2D eigenvalue weighted by molar-refractivity contribution is 5.25. The first-order valence-electron chi connectivity index (χ1n) is 5.84. The molecule has 0 aromatic heterocycles. The van der Waals surface area contributed by atoms with E-state index in [9.17, 15) is 5.11 Å². The van der Waals surface area contributed by atoms with Gasteiger partial charge in [-0.15, -0.1) is 0 Å². The number of hydrogen-bond donors (Lipinski definition) is 1. The van der Waals surface area contributed by atoms with Crippen molar-refractivity contribution in [1.82, 2.24) is 4.90 Å².